The number of carbonyl (C=O) groups excluding carboxylic acids is 1. The molecule has 1 aromatic rings. The lowest BCUT2D eigenvalue weighted by atomic mass is 10.2. The van der Waals surface area contributed by atoms with Crippen molar-refractivity contribution >= 4 is 27.5 Å². The van der Waals surface area contributed by atoms with Crippen LogP contribution in [0.1, 0.15) is 10.4 Å². The molecule has 1 amide bonds. The number of terminal acetylenes is 1. The van der Waals surface area contributed by atoms with Crippen LogP contribution in [0.2, 0.25) is 0 Å². The van der Waals surface area contributed by atoms with Crippen molar-refractivity contribution in [1.29, 1.82) is 0 Å². The van der Waals surface area contributed by atoms with Gasteiger partial charge in [-0.25, -0.2) is 0 Å². The normalized spacial score (nSPS) is 9.14. The molecule has 0 fully saturated rings. The molecule has 0 radical (unpaired) electrons. The van der Waals surface area contributed by atoms with Gasteiger partial charge in [0.05, 0.1) is 6.54 Å². The van der Waals surface area contributed by atoms with Gasteiger partial charge in [0.1, 0.15) is 0 Å². The molecule has 0 bridgehead atoms. The quantitative estimate of drug-likeness (QED) is 0.618. The lowest BCUT2D eigenvalue weighted by Crippen LogP contribution is -2.23. The molecule has 0 spiro atoms. The number of halogens is 1. The predicted octanol–water partition coefficient (Wildman–Crippen LogP) is 1.39. The summed E-state index contributed by atoms with van der Waals surface area (Å²) >= 11 is 3.24. The van der Waals surface area contributed by atoms with E-state index in [0.29, 0.717) is 11.3 Å². The highest BCUT2D eigenvalue weighted by molar-refractivity contribution is 9.10. The summed E-state index contributed by atoms with van der Waals surface area (Å²) in [5.41, 5.74) is 6.65. The van der Waals surface area contributed by atoms with E-state index in [0.717, 1.165) is 4.47 Å². The van der Waals surface area contributed by atoms with Crippen molar-refractivity contribution in [3.8, 4) is 12.3 Å². The molecule has 0 unspecified atom stereocenters. The Kier molecular flexibility index (Phi) is 3.55. The number of nitrogens with two attached hydrogens (primary N) is 1. The lowest BCUT2D eigenvalue weighted by molar-refractivity contribution is 0.0958. The third-order valence-electron chi connectivity index (χ3n) is 1.61. The Morgan fingerprint density at radius 2 is 2.36 bits per heavy atom. The second-order valence-electron chi connectivity index (χ2n) is 2.62. The summed E-state index contributed by atoms with van der Waals surface area (Å²) in [7, 11) is 0. The van der Waals surface area contributed by atoms with Crippen molar-refractivity contribution in [2.24, 2.45) is 0 Å². The zero-order valence-corrected chi connectivity index (χ0v) is 8.97. The number of hydrogen-bond donors (Lipinski definition) is 2. The van der Waals surface area contributed by atoms with Crippen molar-refractivity contribution in [1.82, 2.24) is 5.32 Å². The van der Waals surface area contributed by atoms with E-state index in [4.69, 9.17) is 12.2 Å². The Labute approximate surface area is 90.8 Å². The zero-order valence-electron chi connectivity index (χ0n) is 7.38. The van der Waals surface area contributed by atoms with Gasteiger partial charge >= 0.3 is 0 Å². The van der Waals surface area contributed by atoms with Crippen LogP contribution in [0, 0.1) is 12.3 Å². The monoisotopic (exact) mass is 252 g/mol. The Morgan fingerprint density at radius 1 is 1.64 bits per heavy atom. The lowest BCUT2D eigenvalue weighted by Gasteiger charge is -2.03. The van der Waals surface area contributed by atoms with E-state index in [1.54, 1.807) is 18.2 Å². The third-order valence-corrected chi connectivity index (χ3v) is 2.33. The maximum atomic E-state index is 11.4. The van der Waals surface area contributed by atoms with Gasteiger partial charge in [0.15, 0.2) is 0 Å². The van der Waals surface area contributed by atoms with E-state index in [1.807, 2.05) is 0 Å². The Morgan fingerprint density at radius 3 is 2.93 bits per heavy atom. The molecule has 0 aliphatic carbocycles. The minimum atomic E-state index is -0.220. The minimum Gasteiger partial charge on any atom is -0.398 e. The summed E-state index contributed by atoms with van der Waals surface area (Å²) < 4.78 is 0.769. The Balaban J connectivity index is 2.82. The highest BCUT2D eigenvalue weighted by atomic mass is 79.9. The molecule has 4 heteroatoms. The van der Waals surface area contributed by atoms with Crippen molar-refractivity contribution in [3.05, 3.63) is 28.2 Å². The molecule has 3 nitrogen and oxygen atoms in total. The summed E-state index contributed by atoms with van der Waals surface area (Å²) in [6, 6.07) is 4.99. The first-order valence-corrected chi connectivity index (χ1v) is 4.71. The summed E-state index contributed by atoms with van der Waals surface area (Å²) in [5.74, 6) is 2.10. The molecule has 0 saturated heterocycles. The van der Waals surface area contributed by atoms with Crippen LogP contribution in [-0.2, 0) is 0 Å². The summed E-state index contributed by atoms with van der Waals surface area (Å²) in [4.78, 5) is 11.4. The van der Waals surface area contributed by atoms with Crippen molar-refractivity contribution in [2.75, 3.05) is 12.3 Å². The number of carbonyl (C=O) groups is 1. The summed E-state index contributed by atoms with van der Waals surface area (Å²) in [6.07, 6.45) is 5.01. The van der Waals surface area contributed by atoms with E-state index < -0.39 is 0 Å². The van der Waals surface area contributed by atoms with Crippen LogP contribution < -0.4 is 11.1 Å². The van der Waals surface area contributed by atoms with Gasteiger partial charge in [-0.1, -0.05) is 5.92 Å². The Bertz CT molecular complexity index is 396. The van der Waals surface area contributed by atoms with Crippen LogP contribution in [0.25, 0.3) is 0 Å². The van der Waals surface area contributed by atoms with E-state index in [9.17, 15) is 4.79 Å². The molecular formula is C10H9BrN2O. The van der Waals surface area contributed by atoms with Crippen LogP contribution in [0.15, 0.2) is 22.7 Å². The number of rotatable bonds is 2. The number of benzene rings is 1. The van der Waals surface area contributed by atoms with E-state index in [2.05, 4.69) is 27.2 Å². The topological polar surface area (TPSA) is 55.1 Å². The molecule has 0 heterocycles. The smallest absolute Gasteiger partial charge is 0.252 e. The first kappa shape index (κ1) is 10.6. The summed E-state index contributed by atoms with van der Waals surface area (Å²) in [5, 5.41) is 2.55. The van der Waals surface area contributed by atoms with Crippen LogP contribution >= 0.6 is 15.9 Å². The molecule has 72 valence electrons. The van der Waals surface area contributed by atoms with E-state index in [-0.39, 0.29) is 12.5 Å². The zero-order chi connectivity index (χ0) is 10.6. The highest BCUT2D eigenvalue weighted by Crippen LogP contribution is 2.19. The van der Waals surface area contributed by atoms with Gasteiger partial charge in [-0.15, -0.1) is 6.42 Å². The number of nitrogen functional groups attached to an aromatic ring is 1. The fraction of sp³-hybridized carbons (Fsp3) is 0.100. The number of amides is 1. The van der Waals surface area contributed by atoms with Crippen molar-refractivity contribution in [2.45, 2.75) is 0 Å². The average Bonchev–Trinajstić information content (AvgIpc) is 2.18. The first-order chi connectivity index (χ1) is 6.65. The van der Waals surface area contributed by atoms with Gasteiger partial charge < -0.3 is 11.1 Å². The molecule has 0 saturated carbocycles. The average molecular weight is 253 g/mol. The molecule has 1 rings (SSSR count). The third kappa shape index (κ3) is 2.51. The fourth-order valence-electron chi connectivity index (χ4n) is 0.918. The molecule has 3 N–H and O–H groups in total. The van der Waals surface area contributed by atoms with Crippen LogP contribution in [-0.4, -0.2) is 12.5 Å². The van der Waals surface area contributed by atoms with Gasteiger partial charge in [0.2, 0.25) is 0 Å². The Hall–Kier alpha value is -1.47. The van der Waals surface area contributed by atoms with E-state index in [1.165, 1.54) is 0 Å². The van der Waals surface area contributed by atoms with Crippen molar-refractivity contribution < 1.29 is 4.79 Å². The standard InChI is InChI=1S/C10H9BrN2O/c1-2-5-13-10(14)7-3-4-8(11)9(12)6-7/h1,3-4,6H,5,12H2,(H,13,14). The van der Waals surface area contributed by atoms with Gasteiger partial charge in [0.25, 0.3) is 5.91 Å². The SMILES string of the molecule is C#CCNC(=O)c1ccc(Br)c(N)c1. The molecule has 0 aliphatic heterocycles. The molecular weight excluding hydrogens is 244 g/mol. The molecule has 14 heavy (non-hydrogen) atoms. The van der Waals surface area contributed by atoms with Gasteiger partial charge in [-0.2, -0.15) is 0 Å². The van der Waals surface area contributed by atoms with Gasteiger partial charge in [-0.3, -0.25) is 4.79 Å². The first-order valence-electron chi connectivity index (χ1n) is 3.92. The van der Waals surface area contributed by atoms with Crippen LogP contribution in [0.5, 0.6) is 0 Å². The largest absolute Gasteiger partial charge is 0.398 e. The number of hydrogen-bond acceptors (Lipinski definition) is 2. The number of anilines is 1. The van der Waals surface area contributed by atoms with Gasteiger partial charge in [0, 0.05) is 15.7 Å². The highest BCUT2D eigenvalue weighted by Gasteiger charge is 2.05. The van der Waals surface area contributed by atoms with Gasteiger partial charge in [-0.05, 0) is 34.1 Å². The number of nitrogens with one attached hydrogen (secondary N) is 1. The molecule has 1 aromatic carbocycles. The van der Waals surface area contributed by atoms with Crippen LogP contribution in [0.3, 0.4) is 0 Å². The fourth-order valence-corrected chi connectivity index (χ4v) is 1.16. The molecule has 0 atom stereocenters. The van der Waals surface area contributed by atoms with E-state index >= 15 is 0 Å². The maximum Gasteiger partial charge on any atom is 0.252 e. The van der Waals surface area contributed by atoms with Crippen LogP contribution in [0.4, 0.5) is 5.69 Å². The predicted molar refractivity (Wildman–Crippen MR) is 59.7 cm³/mol. The summed E-state index contributed by atoms with van der Waals surface area (Å²) in [6.45, 7) is 0.217. The second-order valence-corrected chi connectivity index (χ2v) is 3.48. The molecule has 0 aliphatic rings. The maximum absolute atomic E-state index is 11.4. The minimum absolute atomic E-state index is 0.217. The van der Waals surface area contributed by atoms with Crippen molar-refractivity contribution in [3.63, 3.8) is 0 Å². The molecule has 0 aromatic heterocycles. The second kappa shape index (κ2) is 4.68.